The van der Waals surface area contributed by atoms with Crippen molar-refractivity contribution >= 4 is 0 Å². The van der Waals surface area contributed by atoms with Crippen LogP contribution in [-0.4, -0.2) is 7.11 Å². The minimum absolute atomic E-state index is 0.198. The first-order valence-electron chi connectivity index (χ1n) is 5.32. The molecule has 0 saturated heterocycles. The normalized spacial score (nSPS) is 11.3. The number of benzene rings is 2. The zero-order chi connectivity index (χ0) is 13.2. The van der Waals surface area contributed by atoms with Crippen LogP contribution in [0.3, 0.4) is 0 Å². The lowest BCUT2D eigenvalue weighted by atomic mass is 10.0. The molecule has 0 unspecified atom stereocenters. The number of hydrogen-bond donors (Lipinski definition) is 0. The predicted molar refractivity (Wildman–Crippen MR) is 63.4 cm³/mol. The maximum absolute atomic E-state index is 12.7. The molecule has 0 saturated carbocycles. The first-order valence-corrected chi connectivity index (χ1v) is 5.32. The van der Waals surface area contributed by atoms with E-state index in [4.69, 9.17) is 4.74 Å². The summed E-state index contributed by atoms with van der Waals surface area (Å²) >= 11 is 0. The van der Waals surface area contributed by atoms with Crippen LogP contribution >= 0.6 is 0 Å². The van der Waals surface area contributed by atoms with Gasteiger partial charge in [-0.3, -0.25) is 0 Å². The Morgan fingerprint density at radius 3 is 2.11 bits per heavy atom. The molecule has 94 valence electrons. The molecule has 2 aromatic carbocycles. The molecule has 2 aromatic rings. The molecule has 0 aliphatic heterocycles. The van der Waals surface area contributed by atoms with E-state index in [0.717, 1.165) is 17.7 Å². The predicted octanol–water partition coefficient (Wildman–Crippen LogP) is 4.38. The van der Waals surface area contributed by atoms with Gasteiger partial charge in [0, 0.05) is 0 Å². The van der Waals surface area contributed by atoms with Gasteiger partial charge in [0.2, 0.25) is 0 Å². The van der Waals surface area contributed by atoms with Gasteiger partial charge in [0.25, 0.3) is 0 Å². The molecule has 0 amide bonds. The fraction of sp³-hybridized carbons (Fsp3) is 0.143. The van der Waals surface area contributed by atoms with Crippen LogP contribution in [0.2, 0.25) is 0 Å². The second-order valence-electron chi connectivity index (χ2n) is 3.81. The van der Waals surface area contributed by atoms with Crippen molar-refractivity contribution in [1.29, 1.82) is 0 Å². The van der Waals surface area contributed by atoms with Crippen LogP contribution in [-0.2, 0) is 6.18 Å². The molecule has 0 bridgehead atoms. The van der Waals surface area contributed by atoms with Crippen molar-refractivity contribution in [2.75, 3.05) is 7.11 Å². The van der Waals surface area contributed by atoms with Crippen LogP contribution in [0.4, 0.5) is 13.2 Å². The Hall–Kier alpha value is -1.97. The van der Waals surface area contributed by atoms with Crippen LogP contribution in [0.15, 0.2) is 48.5 Å². The Morgan fingerprint density at radius 1 is 0.889 bits per heavy atom. The van der Waals surface area contributed by atoms with E-state index in [2.05, 4.69) is 0 Å². The van der Waals surface area contributed by atoms with Crippen LogP contribution in [0.5, 0.6) is 5.75 Å². The van der Waals surface area contributed by atoms with Crippen molar-refractivity contribution in [2.45, 2.75) is 6.18 Å². The molecule has 1 nitrogen and oxygen atoms in total. The van der Waals surface area contributed by atoms with Gasteiger partial charge in [0.1, 0.15) is 5.75 Å². The molecule has 0 spiro atoms. The maximum atomic E-state index is 12.7. The zero-order valence-electron chi connectivity index (χ0n) is 9.66. The van der Waals surface area contributed by atoms with Gasteiger partial charge in [0.05, 0.1) is 12.7 Å². The fourth-order valence-corrected chi connectivity index (χ4v) is 1.68. The Morgan fingerprint density at radius 2 is 1.56 bits per heavy atom. The number of ether oxygens (including phenoxy) is 1. The average Bonchev–Trinajstić information content (AvgIpc) is 2.38. The summed E-state index contributed by atoms with van der Waals surface area (Å²) in [6.07, 6.45) is -4.38. The molecule has 18 heavy (non-hydrogen) atoms. The topological polar surface area (TPSA) is 9.23 Å². The van der Waals surface area contributed by atoms with E-state index in [9.17, 15) is 13.2 Å². The van der Waals surface area contributed by atoms with Gasteiger partial charge >= 0.3 is 6.18 Å². The molecule has 0 heterocycles. The minimum Gasteiger partial charge on any atom is -0.497 e. The monoisotopic (exact) mass is 252 g/mol. The standard InChI is InChI=1S/C14H11F3O/c1-18-13-8-11(10-5-3-2-4-6-10)7-12(9-13)14(15,16)17/h2-9H,1H3. The van der Waals surface area contributed by atoms with Crippen LogP contribution in [0.1, 0.15) is 5.56 Å². The zero-order valence-corrected chi connectivity index (χ0v) is 9.66. The first-order chi connectivity index (χ1) is 8.50. The van der Waals surface area contributed by atoms with Gasteiger partial charge in [-0.25, -0.2) is 0 Å². The van der Waals surface area contributed by atoms with Gasteiger partial charge in [-0.2, -0.15) is 13.2 Å². The third-order valence-corrected chi connectivity index (χ3v) is 2.58. The number of methoxy groups -OCH3 is 1. The Kier molecular flexibility index (Phi) is 3.28. The Balaban J connectivity index is 2.55. The summed E-state index contributed by atoms with van der Waals surface area (Å²) in [5.41, 5.74) is 0.505. The smallest absolute Gasteiger partial charge is 0.416 e. The average molecular weight is 252 g/mol. The van der Waals surface area contributed by atoms with E-state index in [1.54, 1.807) is 30.3 Å². The molecule has 0 radical (unpaired) electrons. The van der Waals surface area contributed by atoms with Crippen molar-refractivity contribution in [3.8, 4) is 16.9 Å². The lowest BCUT2D eigenvalue weighted by Gasteiger charge is -2.11. The Bertz CT molecular complexity index is 532. The third kappa shape index (κ3) is 2.64. The SMILES string of the molecule is COc1cc(-c2ccccc2)cc(C(F)(F)F)c1. The van der Waals surface area contributed by atoms with Gasteiger partial charge in [-0.05, 0) is 29.3 Å². The van der Waals surface area contributed by atoms with Gasteiger partial charge in [-0.1, -0.05) is 30.3 Å². The van der Waals surface area contributed by atoms with Gasteiger partial charge < -0.3 is 4.74 Å². The van der Waals surface area contributed by atoms with Crippen molar-refractivity contribution in [3.05, 3.63) is 54.1 Å². The largest absolute Gasteiger partial charge is 0.497 e. The highest BCUT2D eigenvalue weighted by Gasteiger charge is 2.31. The van der Waals surface area contributed by atoms with E-state index < -0.39 is 11.7 Å². The van der Waals surface area contributed by atoms with Gasteiger partial charge in [0.15, 0.2) is 0 Å². The highest BCUT2D eigenvalue weighted by Crippen LogP contribution is 2.35. The molecule has 0 aliphatic carbocycles. The summed E-state index contributed by atoms with van der Waals surface area (Å²) in [4.78, 5) is 0. The highest BCUT2D eigenvalue weighted by molar-refractivity contribution is 5.66. The molecule has 0 N–H and O–H groups in total. The molecule has 0 fully saturated rings. The fourth-order valence-electron chi connectivity index (χ4n) is 1.68. The minimum atomic E-state index is -4.38. The summed E-state index contributed by atoms with van der Waals surface area (Å²) in [5, 5.41) is 0. The van der Waals surface area contributed by atoms with Crippen LogP contribution in [0, 0.1) is 0 Å². The van der Waals surface area contributed by atoms with Crippen LogP contribution < -0.4 is 4.74 Å². The summed E-state index contributed by atoms with van der Waals surface area (Å²) in [5.74, 6) is 0.198. The second-order valence-corrected chi connectivity index (χ2v) is 3.81. The summed E-state index contributed by atoms with van der Waals surface area (Å²) in [6, 6.07) is 12.6. The molecule has 0 aliphatic rings. The summed E-state index contributed by atoms with van der Waals surface area (Å²) < 4.78 is 43.1. The molecular weight excluding hydrogens is 241 g/mol. The Labute approximate surface area is 103 Å². The van der Waals surface area contributed by atoms with E-state index in [1.165, 1.54) is 7.11 Å². The summed E-state index contributed by atoms with van der Waals surface area (Å²) in [7, 11) is 1.35. The number of rotatable bonds is 2. The maximum Gasteiger partial charge on any atom is 0.416 e. The first kappa shape index (κ1) is 12.5. The number of alkyl halides is 3. The molecular formula is C14H11F3O. The highest BCUT2D eigenvalue weighted by atomic mass is 19.4. The summed E-state index contributed by atoms with van der Waals surface area (Å²) in [6.45, 7) is 0. The van der Waals surface area contributed by atoms with Crippen LogP contribution in [0.25, 0.3) is 11.1 Å². The van der Waals surface area contributed by atoms with E-state index in [1.807, 2.05) is 6.07 Å². The molecule has 4 heteroatoms. The van der Waals surface area contributed by atoms with Crippen molar-refractivity contribution < 1.29 is 17.9 Å². The van der Waals surface area contributed by atoms with E-state index in [-0.39, 0.29) is 5.75 Å². The third-order valence-electron chi connectivity index (χ3n) is 2.58. The van der Waals surface area contributed by atoms with Crippen molar-refractivity contribution in [3.63, 3.8) is 0 Å². The number of hydrogen-bond acceptors (Lipinski definition) is 1. The molecule has 2 rings (SSSR count). The van der Waals surface area contributed by atoms with Crippen molar-refractivity contribution in [2.24, 2.45) is 0 Å². The molecule has 0 aromatic heterocycles. The lowest BCUT2D eigenvalue weighted by molar-refractivity contribution is -0.137. The second kappa shape index (κ2) is 4.72. The lowest BCUT2D eigenvalue weighted by Crippen LogP contribution is -2.05. The van der Waals surface area contributed by atoms with Crippen molar-refractivity contribution in [1.82, 2.24) is 0 Å². The van der Waals surface area contributed by atoms with E-state index in [0.29, 0.717) is 5.56 Å². The quantitative estimate of drug-likeness (QED) is 0.770. The molecule has 0 atom stereocenters. The number of halogens is 3. The van der Waals surface area contributed by atoms with E-state index >= 15 is 0 Å². The van der Waals surface area contributed by atoms with Gasteiger partial charge in [-0.15, -0.1) is 0 Å².